The number of nitrogens with one attached hydrogen (secondary N) is 2. The highest BCUT2D eigenvalue weighted by Gasteiger charge is 2.14. The van der Waals surface area contributed by atoms with Crippen molar-refractivity contribution in [2.75, 3.05) is 13.1 Å². The minimum atomic E-state index is -1.22. The van der Waals surface area contributed by atoms with Gasteiger partial charge in [0.05, 0.1) is 5.56 Å². The first-order valence-corrected chi connectivity index (χ1v) is 12.3. The second kappa shape index (κ2) is 17.7. The fourth-order valence-corrected chi connectivity index (χ4v) is 3.29. The molecule has 8 heteroatoms. The average molecular weight is 465 g/mol. The predicted molar refractivity (Wildman–Crippen MR) is 128 cm³/mol. The largest absolute Gasteiger partial charge is 0.478 e. The van der Waals surface area contributed by atoms with E-state index in [4.69, 9.17) is 9.47 Å². The first kappa shape index (κ1) is 28.3. The smallest absolute Gasteiger partial charge is 0.412 e. The third-order valence-corrected chi connectivity index (χ3v) is 5.15. The van der Waals surface area contributed by atoms with Crippen LogP contribution in [0.2, 0.25) is 0 Å². The van der Waals surface area contributed by atoms with Gasteiger partial charge >= 0.3 is 18.2 Å². The Hall–Kier alpha value is -2.77. The zero-order chi connectivity index (χ0) is 24.3. The van der Waals surface area contributed by atoms with E-state index in [1.165, 1.54) is 56.7 Å². The van der Waals surface area contributed by atoms with Gasteiger partial charge in [-0.1, -0.05) is 78.1 Å². The summed E-state index contributed by atoms with van der Waals surface area (Å²) in [5, 5.41) is 14.6. The molecular weight excluding hydrogens is 424 g/mol. The van der Waals surface area contributed by atoms with E-state index in [1.807, 2.05) is 0 Å². The highest BCUT2D eigenvalue weighted by atomic mass is 16.6. The molecule has 2 amide bonds. The van der Waals surface area contributed by atoms with Gasteiger partial charge < -0.3 is 25.2 Å². The summed E-state index contributed by atoms with van der Waals surface area (Å²) in [4.78, 5) is 35.5. The zero-order valence-electron chi connectivity index (χ0n) is 20.1. The van der Waals surface area contributed by atoms with Crippen molar-refractivity contribution in [3.05, 3.63) is 23.8 Å². The second-order valence-corrected chi connectivity index (χ2v) is 8.17. The van der Waals surface area contributed by atoms with E-state index in [1.54, 1.807) is 0 Å². The normalized spacial score (nSPS) is 10.5. The quantitative estimate of drug-likeness (QED) is 0.234. The monoisotopic (exact) mass is 464 g/mol. The predicted octanol–water partition coefficient (Wildman–Crippen LogP) is 6.28. The van der Waals surface area contributed by atoms with E-state index in [-0.39, 0.29) is 17.1 Å². The zero-order valence-corrected chi connectivity index (χ0v) is 20.1. The van der Waals surface area contributed by atoms with Crippen molar-refractivity contribution in [1.29, 1.82) is 0 Å². The Morgan fingerprint density at radius 2 is 1.06 bits per heavy atom. The third kappa shape index (κ3) is 14.1. The number of amides is 2. The molecule has 0 unspecified atom stereocenters. The van der Waals surface area contributed by atoms with E-state index in [2.05, 4.69) is 24.5 Å². The number of hydrogen-bond donors (Lipinski definition) is 3. The Morgan fingerprint density at radius 3 is 1.45 bits per heavy atom. The maximum Gasteiger partial charge on any atom is 0.412 e. The first-order valence-electron chi connectivity index (χ1n) is 12.3. The van der Waals surface area contributed by atoms with Gasteiger partial charge in [-0.2, -0.15) is 0 Å². The number of benzene rings is 1. The molecule has 1 aromatic carbocycles. The van der Waals surface area contributed by atoms with Gasteiger partial charge in [0.1, 0.15) is 11.5 Å². The number of unbranched alkanes of at least 4 members (excludes halogenated alkanes) is 10. The standard InChI is InChI=1S/C25H40N2O6/c1-3-5-7-9-11-13-15-26-24(30)32-21-17-20(23(28)29)18-22(19-21)33-25(31)27-16-14-12-10-8-6-4-2/h17-19H,3-16H2,1-2H3,(H,26,30)(H,27,31)(H,28,29). The van der Waals surface area contributed by atoms with Gasteiger partial charge in [-0.05, 0) is 25.0 Å². The van der Waals surface area contributed by atoms with Crippen LogP contribution in [0.3, 0.4) is 0 Å². The lowest BCUT2D eigenvalue weighted by Crippen LogP contribution is -2.28. The van der Waals surface area contributed by atoms with Crippen LogP contribution in [-0.2, 0) is 0 Å². The summed E-state index contributed by atoms with van der Waals surface area (Å²) < 4.78 is 10.4. The van der Waals surface area contributed by atoms with E-state index < -0.39 is 18.2 Å². The molecule has 0 aromatic heterocycles. The topological polar surface area (TPSA) is 114 Å². The summed E-state index contributed by atoms with van der Waals surface area (Å²) in [5.74, 6) is -1.23. The highest BCUT2D eigenvalue weighted by molar-refractivity contribution is 5.89. The molecule has 0 saturated heterocycles. The number of carboxylic acid groups (broad SMARTS) is 1. The number of ether oxygens (including phenoxy) is 2. The summed E-state index contributed by atoms with van der Waals surface area (Å²) in [7, 11) is 0. The van der Waals surface area contributed by atoms with Crippen LogP contribution >= 0.6 is 0 Å². The summed E-state index contributed by atoms with van der Waals surface area (Å²) in [5.41, 5.74) is -0.144. The molecule has 0 saturated carbocycles. The SMILES string of the molecule is CCCCCCCCNC(=O)Oc1cc(OC(=O)NCCCCCCCC)cc(C(=O)O)c1. The van der Waals surface area contributed by atoms with E-state index in [0.717, 1.165) is 38.5 Å². The van der Waals surface area contributed by atoms with Crippen molar-refractivity contribution in [1.82, 2.24) is 10.6 Å². The van der Waals surface area contributed by atoms with Crippen LogP contribution in [0.15, 0.2) is 18.2 Å². The molecule has 186 valence electrons. The fourth-order valence-electron chi connectivity index (χ4n) is 3.29. The minimum Gasteiger partial charge on any atom is -0.478 e. The molecule has 3 N–H and O–H groups in total. The van der Waals surface area contributed by atoms with Gasteiger partial charge in [-0.25, -0.2) is 14.4 Å². The van der Waals surface area contributed by atoms with Crippen LogP contribution < -0.4 is 20.1 Å². The summed E-state index contributed by atoms with van der Waals surface area (Å²) in [6.45, 7) is 5.29. The van der Waals surface area contributed by atoms with Gasteiger partial charge in [0, 0.05) is 19.2 Å². The van der Waals surface area contributed by atoms with Crippen molar-refractivity contribution < 1.29 is 29.0 Å². The third-order valence-electron chi connectivity index (χ3n) is 5.15. The molecule has 33 heavy (non-hydrogen) atoms. The Balaban J connectivity index is 2.47. The van der Waals surface area contributed by atoms with Crippen LogP contribution in [0.1, 0.15) is 101 Å². The second-order valence-electron chi connectivity index (χ2n) is 8.17. The maximum atomic E-state index is 12.0. The lowest BCUT2D eigenvalue weighted by atomic mass is 10.1. The highest BCUT2D eigenvalue weighted by Crippen LogP contribution is 2.23. The summed E-state index contributed by atoms with van der Waals surface area (Å²) in [6, 6.07) is 3.75. The first-order chi connectivity index (χ1) is 16.0. The van der Waals surface area contributed by atoms with Gasteiger partial charge in [0.25, 0.3) is 0 Å². The van der Waals surface area contributed by atoms with Gasteiger partial charge in [-0.15, -0.1) is 0 Å². The van der Waals surface area contributed by atoms with Crippen LogP contribution in [-0.4, -0.2) is 36.4 Å². The molecule has 0 atom stereocenters. The number of hydrogen-bond acceptors (Lipinski definition) is 5. The molecule has 0 fully saturated rings. The van der Waals surface area contributed by atoms with Gasteiger partial charge in [0.2, 0.25) is 0 Å². The van der Waals surface area contributed by atoms with Gasteiger partial charge in [-0.3, -0.25) is 0 Å². The molecule has 0 aliphatic heterocycles. The lowest BCUT2D eigenvalue weighted by molar-refractivity contribution is 0.0695. The number of aromatic carboxylic acids is 1. The lowest BCUT2D eigenvalue weighted by Gasteiger charge is -2.11. The maximum absolute atomic E-state index is 12.0. The Bertz CT molecular complexity index is 673. The molecular formula is C25H40N2O6. The molecule has 1 rings (SSSR count). The summed E-state index contributed by atoms with van der Waals surface area (Å²) in [6.07, 6.45) is 11.9. The molecule has 0 heterocycles. The van der Waals surface area contributed by atoms with Crippen LogP contribution in [0, 0.1) is 0 Å². The van der Waals surface area contributed by atoms with Crippen molar-refractivity contribution in [2.45, 2.75) is 90.9 Å². The Labute approximate surface area is 197 Å². The van der Waals surface area contributed by atoms with Crippen molar-refractivity contribution in [3.63, 3.8) is 0 Å². The average Bonchev–Trinajstić information content (AvgIpc) is 2.77. The molecule has 0 aliphatic carbocycles. The van der Waals surface area contributed by atoms with Crippen LogP contribution in [0.25, 0.3) is 0 Å². The number of carbonyl (C=O) groups excluding carboxylic acids is 2. The summed E-state index contributed by atoms with van der Waals surface area (Å²) >= 11 is 0. The van der Waals surface area contributed by atoms with Gasteiger partial charge in [0.15, 0.2) is 0 Å². The molecule has 0 aliphatic rings. The van der Waals surface area contributed by atoms with E-state index in [9.17, 15) is 19.5 Å². The molecule has 0 bridgehead atoms. The molecule has 1 aromatic rings. The molecule has 0 spiro atoms. The Morgan fingerprint density at radius 1 is 0.667 bits per heavy atom. The molecule has 0 radical (unpaired) electrons. The van der Waals surface area contributed by atoms with E-state index >= 15 is 0 Å². The van der Waals surface area contributed by atoms with E-state index in [0.29, 0.717) is 13.1 Å². The van der Waals surface area contributed by atoms with Crippen molar-refractivity contribution in [3.8, 4) is 11.5 Å². The number of carbonyl (C=O) groups is 3. The molecule has 8 nitrogen and oxygen atoms in total. The van der Waals surface area contributed by atoms with Crippen molar-refractivity contribution in [2.24, 2.45) is 0 Å². The van der Waals surface area contributed by atoms with Crippen molar-refractivity contribution >= 4 is 18.2 Å². The van der Waals surface area contributed by atoms with Crippen LogP contribution in [0.4, 0.5) is 9.59 Å². The fraction of sp³-hybridized carbons (Fsp3) is 0.640. The minimum absolute atomic E-state index is 0.00549. The number of rotatable bonds is 17. The Kier molecular flexibility index (Phi) is 15.2. The van der Waals surface area contributed by atoms with Crippen LogP contribution in [0.5, 0.6) is 11.5 Å². The number of carboxylic acids is 1.